The monoisotopic (exact) mass is 443 g/mol. The van der Waals surface area contributed by atoms with Gasteiger partial charge in [0.2, 0.25) is 5.43 Å². The van der Waals surface area contributed by atoms with E-state index in [0.29, 0.717) is 72.0 Å². The van der Waals surface area contributed by atoms with Crippen LogP contribution >= 0.6 is 0 Å². The zero-order chi connectivity index (χ0) is 23.1. The number of hydrogen-bond acceptors (Lipinski definition) is 8. The average molecular weight is 443 g/mol. The molecule has 0 saturated carbocycles. The Balaban J connectivity index is 2.04. The van der Waals surface area contributed by atoms with Crippen molar-refractivity contribution in [1.29, 1.82) is 0 Å². The fourth-order valence-electron chi connectivity index (χ4n) is 3.54. The highest BCUT2D eigenvalue weighted by Gasteiger charge is 2.18. The Morgan fingerprint density at radius 3 is 2.25 bits per heavy atom. The maximum atomic E-state index is 13.3. The van der Waals surface area contributed by atoms with Crippen LogP contribution < -0.4 is 14.9 Å². The quantitative estimate of drug-likeness (QED) is 0.483. The average Bonchev–Trinajstić information content (AvgIpc) is 2.82. The molecule has 1 heterocycles. The third kappa shape index (κ3) is 5.04. The van der Waals surface area contributed by atoms with Crippen LogP contribution in [0, 0.1) is 0 Å². The van der Waals surface area contributed by atoms with Gasteiger partial charge in [-0.25, -0.2) is 0 Å². The summed E-state index contributed by atoms with van der Waals surface area (Å²) >= 11 is 0. The molecule has 0 aliphatic heterocycles. The molecule has 172 valence electrons. The van der Waals surface area contributed by atoms with Gasteiger partial charge in [0.15, 0.2) is 11.5 Å². The minimum Gasteiger partial charge on any atom is -0.507 e. The van der Waals surface area contributed by atoms with Gasteiger partial charge in [-0.15, -0.1) is 0 Å². The predicted molar refractivity (Wildman–Crippen MR) is 122 cm³/mol. The van der Waals surface area contributed by atoms with Gasteiger partial charge in [-0.1, -0.05) is 6.07 Å². The van der Waals surface area contributed by atoms with Crippen molar-refractivity contribution in [1.82, 2.24) is 4.90 Å². The Morgan fingerprint density at radius 2 is 1.62 bits per heavy atom. The lowest BCUT2D eigenvalue weighted by Gasteiger charge is -2.22. The fourth-order valence-corrected chi connectivity index (χ4v) is 3.54. The Bertz CT molecular complexity index is 1100. The molecule has 1 N–H and O–H groups in total. The third-order valence-corrected chi connectivity index (χ3v) is 5.32. The van der Waals surface area contributed by atoms with Crippen molar-refractivity contribution >= 4 is 11.0 Å². The molecule has 0 radical (unpaired) electrons. The molecule has 32 heavy (non-hydrogen) atoms. The van der Waals surface area contributed by atoms with E-state index in [9.17, 15) is 9.90 Å². The number of phenolic OH excluding ortho intramolecular Hbond substituents is 1. The van der Waals surface area contributed by atoms with Gasteiger partial charge in [-0.3, -0.25) is 9.69 Å². The molecule has 8 nitrogen and oxygen atoms in total. The number of rotatable bonds is 11. The first-order chi connectivity index (χ1) is 15.5. The topological polar surface area (TPSA) is 90.6 Å². The van der Waals surface area contributed by atoms with Crippen LogP contribution in [0.5, 0.6) is 17.2 Å². The first kappa shape index (κ1) is 23.6. The summed E-state index contributed by atoms with van der Waals surface area (Å²) in [5, 5.41) is 10.9. The molecule has 2 aromatic carbocycles. The smallest absolute Gasteiger partial charge is 0.200 e. The second-order valence-electron chi connectivity index (χ2n) is 7.25. The summed E-state index contributed by atoms with van der Waals surface area (Å²) in [6.45, 7) is 2.73. The molecule has 8 heteroatoms. The Kier molecular flexibility index (Phi) is 8.10. The first-order valence-electron chi connectivity index (χ1n) is 10.2. The Morgan fingerprint density at radius 1 is 0.938 bits per heavy atom. The van der Waals surface area contributed by atoms with Crippen molar-refractivity contribution in [2.24, 2.45) is 0 Å². The minimum absolute atomic E-state index is 0.0688. The van der Waals surface area contributed by atoms with Crippen LogP contribution in [0.2, 0.25) is 0 Å². The van der Waals surface area contributed by atoms with E-state index in [4.69, 9.17) is 23.4 Å². The van der Waals surface area contributed by atoms with Crippen LogP contribution in [0.3, 0.4) is 0 Å². The lowest BCUT2D eigenvalue weighted by Crippen LogP contribution is -2.30. The number of phenols is 1. The van der Waals surface area contributed by atoms with Crippen LogP contribution in [-0.4, -0.2) is 64.7 Å². The van der Waals surface area contributed by atoms with Gasteiger partial charge >= 0.3 is 0 Å². The van der Waals surface area contributed by atoms with Gasteiger partial charge in [-0.05, 0) is 29.8 Å². The van der Waals surface area contributed by atoms with Gasteiger partial charge in [0.05, 0.1) is 43.9 Å². The van der Waals surface area contributed by atoms with Crippen molar-refractivity contribution in [2.45, 2.75) is 6.54 Å². The number of fused-ring (bicyclic) bond motifs is 1. The molecule has 0 amide bonds. The lowest BCUT2D eigenvalue weighted by atomic mass is 10.0. The lowest BCUT2D eigenvalue weighted by molar-refractivity contribution is 0.110. The zero-order valence-electron chi connectivity index (χ0n) is 18.8. The highest BCUT2D eigenvalue weighted by molar-refractivity contribution is 5.85. The summed E-state index contributed by atoms with van der Waals surface area (Å²) in [4.78, 5) is 15.4. The maximum Gasteiger partial charge on any atom is 0.200 e. The largest absolute Gasteiger partial charge is 0.507 e. The van der Waals surface area contributed by atoms with E-state index in [1.54, 1.807) is 52.7 Å². The summed E-state index contributed by atoms with van der Waals surface area (Å²) in [6, 6.07) is 8.35. The Labute approximate surface area is 186 Å². The summed E-state index contributed by atoms with van der Waals surface area (Å²) < 4.78 is 26.9. The van der Waals surface area contributed by atoms with E-state index in [0.717, 1.165) is 0 Å². The number of hydrogen-bond donors (Lipinski definition) is 1. The fraction of sp³-hybridized carbons (Fsp3) is 0.375. The summed E-state index contributed by atoms with van der Waals surface area (Å²) in [6.07, 6.45) is 1.42. The van der Waals surface area contributed by atoms with E-state index >= 15 is 0 Å². The number of ether oxygens (including phenoxy) is 4. The van der Waals surface area contributed by atoms with Crippen molar-refractivity contribution in [3.8, 4) is 28.4 Å². The number of aromatic hydroxyl groups is 1. The van der Waals surface area contributed by atoms with Crippen LogP contribution in [-0.2, 0) is 16.0 Å². The predicted octanol–water partition coefficient (Wildman–Crippen LogP) is 3.28. The molecule has 0 unspecified atom stereocenters. The summed E-state index contributed by atoms with van der Waals surface area (Å²) in [5.41, 5.74) is 1.75. The zero-order valence-corrected chi connectivity index (χ0v) is 18.8. The van der Waals surface area contributed by atoms with Crippen LogP contribution in [0.4, 0.5) is 0 Å². The van der Waals surface area contributed by atoms with Gasteiger partial charge in [0.1, 0.15) is 17.6 Å². The summed E-state index contributed by atoms with van der Waals surface area (Å²) in [5.74, 6) is 1.16. The van der Waals surface area contributed by atoms with E-state index in [-0.39, 0.29) is 11.2 Å². The molecule has 3 aromatic rings. The minimum atomic E-state index is -0.194. The van der Waals surface area contributed by atoms with Crippen LogP contribution in [0.25, 0.3) is 22.1 Å². The molecule has 0 bridgehead atoms. The molecule has 3 rings (SSSR count). The van der Waals surface area contributed by atoms with E-state index in [1.165, 1.54) is 12.3 Å². The van der Waals surface area contributed by atoms with E-state index in [2.05, 4.69) is 4.90 Å². The highest BCUT2D eigenvalue weighted by atomic mass is 16.5. The molecular weight excluding hydrogens is 414 g/mol. The highest BCUT2D eigenvalue weighted by Crippen LogP contribution is 2.33. The van der Waals surface area contributed by atoms with Crippen molar-refractivity contribution in [2.75, 3.05) is 54.7 Å². The molecule has 0 spiro atoms. The van der Waals surface area contributed by atoms with Crippen molar-refractivity contribution < 1.29 is 28.5 Å². The van der Waals surface area contributed by atoms with Crippen LogP contribution in [0.15, 0.2) is 45.8 Å². The van der Waals surface area contributed by atoms with Crippen LogP contribution in [0.1, 0.15) is 5.56 Å². The molecule has 1 aromatic heterocycles. The Hall–Kier alpha value is -3.07. The standard InChI is InChI=1S/C24H29NO7/c1-28-11-9-25(10-12-29-2)14-18-20(26)7-6-17-23(27)19(15-32-24(17)18)16-5-8-21(30-3)22(13-16)31-4/h5-8,13,15,26H,9-12,14H2,1-4H3. The number of methoxy groups -OCH3 is 4. The van der Waals surface area contributed by atoms with Crippen molar-refractivity contribution in [3.63, 3.8) is 0 Å². The van der Waals surface area contributed by atoms with Crippen molar-refractivity contribution in [3.05, 3.63) is 52.4 Å². The molecule has 0 saturated heterocycles. The molecular formula is C24H29NO7. The number of benzene rings is 2. The van der Waals surface area contributed by atoms with Gasteiger partial charge < -0.3 is 28.5 Å². The van der Waals surface area contributed by atoms with Gasteiger partial charge in [0.25, 0.3) is 0 Å². The molecule has 0 fully saturated rings. The molecule has 0 aliphatic carbocycles. The summed E-state index contributed by atoms with van der Waals surface area (Å²) in [7, 11) is 6.37. The SMILES string of the molecule is COCCN(CCOC)Cc1c(O)ccc2c(=O)c(-c3ccc(OC)c(OC)c3)coc12. The maximum absolute atomic E-state index is 13.3. The van der Waals surface area contributed by atoms with Gasteiger partial charge in [-0.2, -0.15) is 0 Å². The normalized spacial score (nSPS) is 11.3. The molecule has 0 atom stereocenters. The second kappa shape index (κ2) is 11.0. The van der Waals surface area contributed by atoms with Gasteiger partial charge in [0, 0.05) is 33.9 Å². The van der Waals surface area contributed by atoms with E-state index < -0.39 is 0 Å². The molecule has 0 aliphatic rings. The number of nitrogens with zero attached hydrogens (tertiary/aromatic N) is 1. The first-order valence-corrected chi connectivity index (χ1v) is 10.2. The third-order valence-electron chi connectivity index (χ3n) is 5.32. The van der Waals surface area contributed by atoms with E-state index in [1.807, 2.05) is 0 Å². The second-order valence-corrected chi connectivity index (χ2v) is 7.25.